The molecule has 1 aromatic carbocycles. The second-order valence-corrected chi connectivity index (χ2v) is 9.93. The van der Waals surface area contributed by atoms with E-state index in [1.165, 1.54) is 24.1 Å². The van der Waals surface area contributed by atoms with E-state index < -0.39 is 29.3 Å². The SMILES string of the molecule is Cc1ccc(F)c(C(=O)N[C@@H](C(=O)N2CCC3(CC2)C(=O)N(C)C(=O)N3Cc2ncccn2)C(C)C)c1. The second-order valence-electron chi connectivity index (χ2n) is 9.93. The number of aromatic nitrogens is 2. The third-order valence-electron chi connectivity index (χ3n) is 7.14. The van der Waals surface area contributed by atoms with Crippen molar-refractivity contribution in [2.24, 2.45) is 5.92 Å². The summed E-state index contributed by atoms with van der Waals surface area (Å²) in [6.45, 7) is 5.87. The summed E-state index contributed by atoms with van der Waals surface area (Å²) in [5.41, 5.74) is -0.484. The van der Waals surface area contributed by atoms with Gasteiger partial charge in [0.25, 0.3) is 11.8 Å². The lowest BCUT2D eigenvalue weighted by Gasteiger charge is -2.43. The lowest BCUT2D eigenvalue weighted by Crippen LogP contribution is -2.60. The predicted molar refractivity (Wildman–Crippen MR) is 132 cm³/mol. The zero-order valence-corrected chi connectivity index (χ0v) is 21.4. The van der Waals surface area contributed by atoms with E-state index in [0.717, 1.165) is 10.5 Å². The number of aryl methyl sites for hydroxylation is 1. The number of imide groups is 1. The molecule has 2 aromatic rings. The Morgan fingerprint density at radius 1 is 1.14 bits per heavy atom. The quantitative estimate of drug-likeness (QED) is 0.596. The highest BCUT2D eigenvalue weighted by atomic mass is 19.1. The number of hydrogen-bond donors (Lipinski definition) is 1. The molecule has 0 bridgehead atoms. The number of likely N-dealkylation sites (N-methyl/N-ethyl adjacent to an activating group) is 1. The van der Waals surface area contributed by atoms with Crippen molar-refractivity contribution >= 4 is 23.8 Å². The minimum Gasteiger partial charge on any atom is -0.341 e. The Kier molecular flexibility index (Phi) is 7.24. The van der Waals surface area contributed by atoms with Gasteiger partial charge in [-0.1, -0.05) is 25.5 Å². The van der Waals surface area contributed by atoms with E-state index in [0.29, 0.717) is 5.82 Å². The van der Waals surface area contributed by atoms with Gasteiger partial charge < -0.3 is 15.1 Å². The second kappa shape index (κ2) is 10.2. The standard InChI is InChI=1S/C26H31FN6O4/c1-16(2)21(30-22(34)18-14-17(3)6-7-19(18)27)23(35)32-12-8-26(9-13-32)24(36)31(4)25(37)33(26)15-20-28-10-5-11-29-20/h5-7,10-11,14,16,21H,8-9,12-13,15H2,1-4H3,(H,30,34)/t21-/m1/s1. The zero-order chi connectivity index (χ0) is 26.9. The molecular weight excluding hydrogens is 479 g/mol. The van der Waals surface area contributed by atoms with Crippen molar-refractivity contribution in [1.29, 1.82) is 0 Å². The summed E-state index contributed by atoms with van der Waals surface area (Å²) in [7, 11) is 1.45. The molecule has 3 heterocycles. The minimum absolute atomic E-state index is 0.0798. The van der Waals surface area contributed by atoms with Crippen LogP contribution in [0.1, 0.15) is 48.4 Å². The number of rotatable bonds is 6. The van der Waals surface area contributed by atoms with E-state index in [-0.39, 0.29) is 55.8 Å². The fourth-order valence-electron chi connectivity index (χ4n) is 4.97. The highest BCUT2D eigenvalue weighted by Crippen LogP contribution is 2.37. The Hall–Kier alpha value is -3.89. The van der Waals surface area contributed by atoms with Crippen LogP contribution in [-0.4, -0.2) is 80.1 Å². The van der Waals surface area contributed by atoms with Crippen LogP contribution in [-0.2, 0) is 16.1 Å². The Labute approximate surface area is 214 Å². The topological polar surface area (TPSA) is 116 Å². The number of piperidine rings is 1. The lowest BCUT2D eigenvalue weighted by molar-refractivity contribution is -0.142. The van der Waals surface area contributed by atoms with Crippen LogP contribution >= 0.6 is 0 Å². The molecular formula is C26H31FN6O4. The van der Waals surface area contributed by atoms with Gasteiger partial charge in [-0.3, -0.25) is 19.3 Å². The van der Waals surface area contributed by atoms with Crippen molar-refractivity contribution in [1.82, 2.24) is 30.0 Å². The first-order valence-electron chi connectivity index (χ1n) is 12.3. The highest BCUT2D eigenvalue weighted by Gasteiger charge is 2.57. The molecule has 2 fully saturated rings. The van der Waals surface area contributed by atoms with Gasteiger partial charge in [0.2, 0.25) is 5.91 Å². The first-order valence-corrected chi connectivity index (χ1v) is 12.3. The zero-order valence-electron chi connectivity index (χ0n) is 21.4. The van der Waals surface area contributed by atoms with Gasteiger partial charge in [0.1, 0.15) is 23.2 Å². The van der Waals surface area contributed by atoms with E-state index in [2.05, 4.69) is 15.3 Å². The van der Waals surface area contributed by atoms with Gasteiger partial charge in [-0.25, -0.2) is 19.2 Å². The first kappa shape index (κ1) is 26.2. The van der Waals surface area contributed by atoms with Gasteiger partial charge >= 0.3 is 6.03 Å². The monoisotopic (exact) mass is 510 g/mol. The Bertz CT molecular complexity index is 1210. The van der Waals surface area contributed by atoms with Crippen LogP contribution < -0.4 is 5.32 Å². The molecule has 1 spiro atoms. The summed E-state index contributed by atoms with van der Waals surface area (Å²) in [5, 5.41) is 2.70. The van der Waals surface area contributed by atoms with Crippen molar-refractivity contribution in [2.75, 3.05) is 20.1 Å². The number of amides is 5. The van der Waals surface area contributed by atoms with Gasteiger partial charge in [-0.05, 0) is 43.9 Å². The summed E-state index contributed by atoms with van der Waals surface area (Å²) in [6.07, 6.45) is 3.63. The van der Waals surface area contributed by atoms with Gasteiger partial charge in [-0.2, -0.15) is 0 Å². The van der Waals surface area contributed by atoms with E-state index in [4.69, 9.17) is 0 Å². The average molecular weight is 511 g/mol. The molecule has 0 aliphatic carbocycles. The fraction of sp³-hybridized carbons (Fsp3) is 0.462. The number of urea groups is 1. The molecule has 0 radical (unpaired) electrons. The van der Waals surface area contributed by atoms with Gasteiger partial charge in [0.15, 0.2) is 0 Å². The lowest BCUT2D eigenvalue weighted by atomic mass is 9.85. The Morgan fingerprint density at radius 3 is 2.41 bits per heavy atom. The van der Waals surface area contributed by atoms with Crippen LogP contribution in [0.3, 0.4) is 0 Å². The summed E-state index contributed by atoms with van der Waals surface area (Å²) in [4.78, 5) is 65.0. The number of likely N-dealkylation sites (tertiary alicyclic amines) is 1. The van der Waals surface area contributed by atoms with Crippen molar-refractivity contribution in [2.45, 2.75) is 51.7 Å². The van der Waals surface area contributed by atoms with Gasteiger partial charge in [0.05, 0.1) is 12.1 Å². The van der Waals surface area contributed by atoms with E-state index >= 15 is 0 Å². The number of nitrogens with zero attached hydrogens (tertiary/aromatic N) is 5. The molecule has 0 unspecified atom stereocenters. The molecule has 2 aliphatic rings. The van der Waals surface area contributed by atoms with Crippen LogP contribution in [0.5, 0.6) is 0 Å². The molecule has 5 amide bonds. The number of carbonyl (C=O) groups is 4. The minimum atomic E-state index is -1.09. The third kappa shape index (κ3) is 4.90. The maximum absolute atomic E-state index is 14.3. The van der Waals surface area contributed by atoms with Crippen molar-refractivity contribution < 1.29 is 23.6 Å². The van der Waals surface area contributed by atoms with E-state index in [9.17, 15) is 23.6 Å². The highest BCUT2D eigenvalue weighted by molar-refractivity contribution is 6.07. The average Bonchev–Trinajstić information content (AvgIpc) is 3.05. The smallest absolute Gasteiger partial charge is 0.327 e. The summed E-state index contributed by atoms with van der Waals surface area (Å²) >= 11 is 0. The molecule has 37 heavy (non-hydrogen) atoms. The number of benzene rings is 1. The largest absolute Gasteiger partial charge is 0.341 e. The molecule has 0 saturated carbocycles. The van der Waals surface area contributed by atoms with Crippen molar-refractivity contribution in [3.63, 3.8) is 0 Å². The van der Waals surface area contributed by atoms with Crippen LogP contribution in [0.15, 0.2) is 36.7 Å². The number of hydrogen-bond acceptors (Lipinski definition) is 6. The van der Waals surface area contributed by atoms with Crippen molar-refractivity contribution in [3.05, 3.63) is 59.4 Å². The molecule has 1 atom stereocenters. The molecule has 2 saturated heterocycles. The molecule has 10 nitrogen and oxygen atoms in total. The number of nitrogens with one attached hydrogen (secondary N) is 1. The first-order chi connectivity index (χ1) is 17.5. The van der Waals surface area contributed by atoms with Crippen molar-refractivity contribution in [3.8, 4) is 0 Å². The normalized spacial score (nSPS) is 18.1. The fourth-order valence-corrected chi connectivity index (χ4v) is 4.97. The Balaban J connectivity index is 1.49. The molecule has 196 valence electrons. The molecule has 1 N–H and O–H groups in total. The van der Waals surface area contributed by atoms with Crippen LogP contribution in [0.25, 0.3) is 0 Å². The van der Waals surface area contributed by atoms with Gasteiger partial charge in [0, 0.05) is 32.5 Å². The molecule has 4 rings (SSSR count). The third-order valence-corrected chi connectivity index (χ3v) is 7.14. The summed E-state index contributed by atoms with van der Waals surface area (Å²) in [5.74, 6) is -1.78. The summed E-state index contributed by atoms with van der Waals surface area (Å²) in [6, 6.07) is 4.61. The van der Waals surface area contributed by atoms with Crippen LogP contribution in [0.4, 0.5) is 9.18 Å². The predicted octanol–water partition coefficient (Wildman–Crippen LogP) is 2.13. The number of halogens is 1. The maximum atomic E-state index is 14.3. The van der Waals surface area contributed by atoms with Crippen LogP contribution in [0, 0.1) is 18.7 Å². The van der Waals surface area contributed by atoms with E-state index in [1.807, 2.05) is 0 Å². The molecule has 11 heteroatoms. The maximum Gasteiger partial charge on any atom is 0.327 e. The van der Waals surface area contributed by atoms with E-state index in [1.54, 1.807) is 50.2 Å². The molecule has 1 aromatic heterocycles. The summed E-state index contributed by atoms with van der Waals surface area (Å²) < 4.78 is 14.3. The molecule has 2 aliphatic heterocycles. The number of carbonyl (C=O) groups excluding carboxylic acids is 4. The van der Waals surface area contributed by atoms with Gasteiger partial charge in [-0.15, -0.1) is 0 Å². The Morgan fingerprint density at radius 2 is 1.78 bits per heavy atom. The van der Waals surface area contributed by atoms with Crippen LogP contribution in [0.2, 0.25) is 0 Å².